The first-order valence-electron chi connectivity index (χ1n) is 9.36. The molecule has 1 aliphatic rings. The normalized spacial score (nSPS) is 19.7. The molecule has 3 aromatic rings. The van der Waals surface area contributed by atoms with Crippen LogP contribution in [0.5, 0.6) is 0 Å². The van der Waals surface area contributed by atoms with Crippen LogP contribution in [-0.2, 0) is 4.79 Å². The second-order valence-corrected chi connectivity index (χ2v) is 9.60. The highest BCUT2D eigenvalue weighted by atomic mass is 35.5. The van der Waals surface area contributed by atoms with E-state index in [0.29, 0.717) is 17.2 Å². The van der Waals surface area contributed by atoms with Crippen molar-refractivity contribution >= 4 is 62.5 Å². The summed E-state index contributed by atoms with van der Waals surface area (Å²) >= 11 is 9.43. The molecule has 2 atom stereocenters. The van der Waals surface area contributed by atoms with E-state index in [4.69, 9.17) is 17.3 Å². The van der Waals surface area contributed by atoms with Crippen molar-refractivity contribution in [3.8, 4) is 0 Å². The van der Waals surface area contributed by atoms with Crippen LogP contribution in [-0.4, -0.2) is 34.9 Å². The SMILES string of the molecule is Cc1ccc(N/C(N)=N/C2NC(=O)CC(CSc3nc4ccccc4s3)N2)cc1Cl. The predicted octanol–water partition coefficient (Wildman–Crippen LogP) is 3.54. The van der Waals surface area contributed by atoms with Gasteiger partial charge in [-0.1, -0.05) is 41.6 Å². The Labute approximate surface area is 187 Å². The number of anilines is 1. The Morgan fingerprint density at radius 1 is 1.40 bits per heavy atom. The second kappa shape index (κ2) is 9.22. The van der Waals surface area contributed by atoms with Crippen molar-refractivity contribution in [2.45, 2.75) is 30.0 Å². The maximum absolute atomic E-state index is 12.1. The molecule has 1 fully saturated rings. The highest BCUT2D eigenvalue weighted by Gasteiger charge is 2.26. The number of aliphatic imine (C=N–C) groups is 1. The molecule has 0 saturated carbocycles. The standard InChI is InChI=1S/C20H21ClN6OS2/c1-11-6-7-12(8-14(11)21)23-18(22)27-19-24-13(9-17(28)26-19)10-29-20-25-15-4-2-3-5-16(15)30-20/h2-8,13,19,24H,9-10H2,1H3,(H,26,28)(H3,22,23,27). The number of aryl methyl sites for hydroxylation is 1. The number of hydrogen-bond acceptors (Lipinski definition) is 6. The number of carbonyl (C=O) groups is 1. The number of nitrogens with one attached hydrogen (secondary N) is 3. The van der Waals surface area contributed by atoms with Crippen molar-refractivity contribution in [3.05, 3.63) is 53.1 Å². The number of aromatic nitrogens is 1. The molecule has 5 N–H and O–H groups in total. The number of guanidine groups is 1. The lowest BCUT2D eigenvalue weighted by molar-refractivity contribution is -0.124. The smallest absolute Gasteiger partial charge is 0.224 e. The number of thioether (sulfide) groups is 1. The van der Waals surface area contributed by atoms with Gasteiger partial charge in [0, 0.05) is 28.9 Å². The molecule has 0 radical (unpaired) electrons. The molecule has 1 aliphatic heterocycles. The molecule has 2 heterocycles. The molecule has 7 nitrogen and oxygen atoms in total. The van der Waals surface area contributed by atoms with Gasteiger partial charge in [-0.2, -0.15) is 0 Å². The van der Waals surface area contributed by atoms with Crippen molar-refractivity contribution in [2.24, 2.45) is 10.7 Å². The van der Waals surface area contributed by atoms with Crippen LogP contribution in [0.2, 0.25) is 5.02 Å². The largest absolute Gasteiger partial charge is 0.370 e. The lowest BCUT2D eigenvalue weighted by Crippen LogP contribution is -2.57. The Morgan fingerprint density at radius 3 is 3.03 bits per heavy atom. The van der Waals surface area contributed by atoms with Crippen molar-refractivity contribution in [3.63, 3.8) is 0 Å². The van der Waals surface area contributed by atoms with E-state index in [1.807, 2.05) is 37.3 Å². The Morgan fingerprint density at radius 2 is 2.23 bits per heavy atom. The zero-order valence-electron chi connectivity index (χ0n) is 16.2. The average Bonchev–Trinajstić information content (AvgIpc) is 3.12. The first-order chi connectivity index (χ1) is 14.5. The summed E-state index contributed by atoms with van der Waals surface area (Å²) in [4.78, 5) is 21.1. The number of hydrogen-bond donors (Lipinski definition) is 4. The fourth-order valence-electron chi connectivity index (χ4n) is 3.01. The summed E-state index contributed by atoms with van der Waals surface area (Å²) in [6, 6.07) is 13.6. The summed E-state index contributed by atoms with van der Waals surface area (Å²) in [5.74, 6) is 0.830. The molecule has 1 saturated heterocycles. The van der Waals surface area contributed by atoms with Gasteiger partial charge in [0.05, 0.1) is 10.2 Å². The minimum atomic E-state index is -0.597. The first-order valence-corrected chi connectivity index (χ1v) is 11.5. The maximum atomic E-state index is 12.1. The van der Waals surface area contributed by atoms with Gasteiger partial charge in [-0.15, -0.1) is 11.3 Å². The number of fused-ring (bicyclic) bond motifs is 1. The van der Waals surface area contributed by atoms with Crippen LogP contribution in [0.25, 0.3) is 10.2 Å². The van der Waals surface area contributed by atoms with Crippen molar-refractivity contribution in [2.75, 3.05) is 11.1 Å². The fraction of sp³-hybridized carbons (Fsp3) is 0.250. The number of benzene rings is 2. The van der Waals surface area contributed by atoms with E-state index in [1.165, 1.54) is 0 Å². The van der Waals surface area contributed by atoms with Gasteiger partial charge in [0.2, 0.25) is 5.91 Å². The summed E-state index contributed by atoms with van der Waals surface area (Å²) < 4.78 is 2.15. The zero-order valence-corrected chi connectivity index (χ0v) is 18.6. The van der Waals surface area contributed by atoms with Crippen LogP contribution in [0.1, 0.15) is 12.0 Å². The summed E-state index contributed by atoms with van der Waals surface area (Å²) in [7, 11) is 0. The summed E-state index contributed by atoms with van der Waals surface area (Å²) in [6.45, 7) is 1.93. The van der Waals surface area contributed by atoms with Gasteiger partial charge in [-0.25, -0.2) is 9.98 Å². The number of carbonyl (C=O) groups excluding carboxylic acids is 1. The Hall–Kier alpha value is -2.33. The topological polar surface area (TPSA) is 104 Å². The second-order valence-electron chi connectivity index (χ2n) is 6.90. The number of rotatable bonds is 5. The lowest BCUT2D eigenvalue weighted by Gasteiger charge is -2.29. The predicted molar refractivity (Wildman–Crippen MR) is 125 cm³/mol. The van der Waals surface area contributed by atoms with Gasteiger partial charge in [0.1, 0.15) is 0 Å². The van der Waals surface area contributed by atoms with E-state index in [-0.39, 0.29) is 17.9 Å². The Bertz CT molecular complexity index is 1070. The minimum absolute atomic E-state index is 0.0360. The number of para-hydroxylation sites is 1. The summed E-state index contributed by atoms with van der Waals surface area (Å²) in [5.41, 5.74) is 8.72. The third-order valence-corrected chi connectivity index (χ3v) is 7.27. The molecule has 156 valence electrons. The Balaban J connectivity index is 1.36. The summed E-state index contributed by atoms with van der Waals surface area (Å²) in [6.07, 6.45) is -0.217. The molecule has 0 bridgehead atoms. The van der Waals surface area contributed by atoms with Crippen molar-refractivity contribution < 1.29 is 4.79 Å². The van der Waals surface area contributed by atoms with E-state index < -0.39 is 6.29 Å². The van der Waals surface area contributed by atoms with Gasteiger partial charge in [0.25, 0.3) is 0 Å². The van der Waals surface area contributed by atoms with Gasteiger partial charge >= 0.3 is 0 Å². The van der Waals surface area contributed by atoms with Gasteiger partial charge in [-0.3, -0.25) is 10.1 Å². The van der Waals surface area contributed by atoms with Crippen molar-refractivity contribution in [1.82, 2.24) is 15.6 Å². The molecule has 0 aliphatic carbocycles. The minimum Gasteiger partial charge on any atom is -0.370 e. The van der Waals surface area contributed by atoms with E-state index in [9.17, 15) is 4.79 Å². The van der Waals surface area contributed by atoms with E-state index >= 15 is 0 Å². The van der Waals surface area contributed by atoms with Crippen LogP contribution in [0.15, 0.2) is 51.8 Å². The number of nitrogens with zero attached hydrogens (tertiary/aromatic N) is 2. The lowest BCUT2D eigenvalue weighted by atomic mass is 10.2. The molecular formula is C20H21ClN6OS2. The van der Waals surface area contributed by atoms with E-state index in [2.05, 4.69) is 32.0 Å². The number of nitrogens with two attached hydrogens (primary N) is 1. The first kappa shape index (κ1) is 20.9. The molecule has 10 heteroatoms. The molecule has 1 aromatic heterocycles. The molecule has 2 unspecified atom stereocenters. The molecule has 2 aromatic carbocycles. The fourth-order valence-corrected chi connectivity index (χ4v) is 5.32. The van der Waals surface area contributed by atoms with Gasteiger partial charge < -0.3 is 16.4 Å². The van der Waals surface area contributed by atoms with Crippen LogP contribution in [0.4, 0.5) is 5.69 Å². The highest BCUT2D eigenvalue weighted by Crippen LogP contribution is 2.30. The quantitative estimate of drug-likeness (QED) is 0.264. The highest BCUT2D eigenvalue weighted by molar-refractivity contribution is 8.01. The van der Waals surface area contributed by atoms with Gasteiger partial charge in [0.15, 0.2) is 16.6 Å². The number of thiazole rings is 1. The van der Waals surface area contributed by atoms with Gasteiger partial charge in [-0.05, 0) is 36.8 Å². The van der Waals surface area contributed by atoms with Crippen LogP contribution >= 0.6 is 34.7 Å². The number of amides is 1. The van der Waals surface area contributed by atoms with Crippen LogP contribution in [0, 0.1) is 6.92 Å². The zero-order chi connectivity index (χ0) is 21.1. The van der Waals surface area contributed by atoms with E-state index in [1.54, 1.807) is 29.2 Å². The van der Waals surface area contributed by atoms with Crippen molar-refractivity contribution in [1.29, 1.82) is 0 Å². The molecular weight excluding hydrogens is 440 g/mol. The van der Waals surface area contributed by atoms with Crippen LogP contribution in [0.3, 0.4) is 0 Å². The molecule has 30 heavy (non-hydrogen) atoms. The Kier molecular flexibility index (Phi) is 6.43. The summed E-state index contributed by atoms with van der Waals surface area (Å²) in [5, 5.41) is 9.75. The molecule has 4 rings (SSSR count). The van der Waals surface area contributed by atoms with E-state index in [0.717, 1.165) is 25.8 Å². The third-order valence-electron chi connectivity index (χ3n) is 4.52. The average molecular weight is 461 g/mol. The van der Waals surface area contributed by atoms with Crippen LogP contribution < -0.4 is 21.7 Å². The third kappa shape index (κ3) is 5.23. The molecule has 1 amide bonds. The number of halogens is 1. The molecule has 0 spiro atoms. The monoisotopic (exact) mass is 460 g/mol. The maximum Gasteiger partial charge on any atom is 0.224 e.